The van der Waals surface area contributed by atoms with Crippen LogP contribution in [0.4, 0.5) is 18.9 Å². The number of nitrogens with zero attached hydrogens (tertiary/aromatic N) is 1. The van der Waals surface area contributed by atoms with Gasteiger partial charge in [-0.25, -0.2) is 0 Å². The molecule has 0 unspecified atom stereocenters. The zero-order valence-electron chi connectivity index (χ0n) is 18.6. The third-order valence-corrected chi connectivity index (χ3v) is 5.84. The van der Waals surface area contributed by atoms with Crippen LogP contribution in [-0.4, -0.2) is 31.0 Å². The first-order valence-corrected chi connectivity index (χ1v) is 10.8. The average molecular weight is 451 g/mol. The molecule has 1 aromatic carbocycles. The van der Waals surface area contributed by atoms with Gasteiger partial charge in [-0.15, -0.1) is 0 Å². The summed E-state index contributed by atoms with van der Waals surface area (Å²) in [5.74, 6) is -0.895. The Balaban J connectivity index is 1.85. The first-order valence-electron chi connectivity index (χ1n) is 10.8. The molecule has 1 saturated carbocycles. The van der Waals surface area contributed by atoms with Gasteiger partial charge in [0.05, 0.1) is 5.69 Å². The van der Waals surface area contributed by atoms with Crippen molar-refractivity contribution in [2.24, 2.45) is 0 Å². The fourth-order valence-electron chi connectivity index (χ4n) is 4.24. The predicted octanol–water partition coefficient (Wildman–Crippen LogP) is 5.82. The number of anilines is 1. The van der Waals surface area contributed by atoms with E-state index >= 15 is 0 Å². The molecule has 0 saturated heterocycles. The summed E-state index contributed by atoms with van der Waals surface area (Å²) < 4.78 is 48.5. The molecule has 174 valence electrons. The minimum atomic E-state index is -4.92. The third kappa shape index (κ3) is 6.00. The summed E-state index contributed by atoms with van der Waals surface area (Å²) in [5.41, 5.74) is 4.51. The molecule has 0 atom stereocenters. The Morgan fingerprint density at radius 1 is 1.12 bits per heavy atom. The molecule has 1 aromatic heterocycles. The highest BCUT2D eigenvalue weighted by Crippen LogP contribution is 2.37. The van der Waals surface area contributed by atoms with Crippen molar-refractivity contribution < 1.29 is 27.4 Å². The van der Waals surface area contributed by atoms with Crippen LogP contribution in [0.1, 0.15) is 66.1 Å². The fraction of sp³-hybridized carbons (Fsp3) is 0.500. The van der Waals surface area contributed by atoms with E-state index in [-0.39, 0.29) is 12.5 Å². The van der Waals surface area contributed by atoms with Crippen molar-refractivity contribution in [1.82, 2.24) is 4.98 Å². The number of carbonyl (C=O) groups excluding carboxylic acids is 1. The van der Waals surface area contributed by atoms with Crippen molar-refractivity contribution in [3.05, 3.63) is 52.3 Å². The summed E-state index contributed by atoms with van der Waals surface area (Å²) >= 11 is 0. The lowest BCUT2D eigenvalue weighted by Gasteiger charge is -2.24. The second-order valence-electron chi connectivity index (χ2n) is 8.29. The van der Waals surface area contributed by atoms with Crippen molar-refractivity contribution in [1.29, 1.82) is 0 Å². The lowest BCUT2D eigenvalue weighted by atomic mass is 9.86. The Morgan fingerprint density at radius 3 is 2.38 bits per heavy atom. The number of methoxy groups -OCH3 is 1. The van der Waals surface area contributed by atoms with E-state index in [1.165, 1.54) is 19.3 Å². The summed E-state index contributed by atoms with van der Waals surface area (Å²) in [6.07, 6.45) is 1.34. The Labute approximate surface area is 186 Å². The Bertz CT molecular complexity index is 931. The van der Waals surface area contributed by atoms with Crippen LogP contribution in [0, 0.1) is 13.8 Å². The number of halogens is 3. The highest BCUT2D eigenvalue weighted by Gasteiger charge is 2.38. The topological polar surface area (TPSA) is 60.5 Å². The van der Waals surface area contributed by atoms with Gasteiger partial charge >= 0.3 is 12.1 Å². The van der Waals surface area contributed by atoms with Gasteiger partial charge in [-0.1, -0.05) is 19.3 Å². The van der Waals surface area contributed by atoms with E-state index < -0.39 is 12.1 Å². The number of carbonyl (C=O) groups is 1. The van der Waals surface area contributed by atoms with Gasteiger partial charge < -0.3 is 14.8 Å². The summed E-state index contributed by atoms with van der Waals surface area (Å²) in [6, 6.07) is 6.96. The molecule has 1 heterocycles. The highest BCUT2D eigenvalue weighted by atomic mass is 19.4. The largest absolute Gasteiger partial charge is 0.471 e. The van der Waals surface area contributed by atoms with Gasteiger partial charge in [0.1, 0.15) is 5.75 Å². The standard InChI is InChI=1S/C24H29F3N2O3/c1-15-11-19(29-23(30)24(25,26)27)12-16(2)20(15)13-18-9-10-21(32-14-31-3)22(28-18)17-7-5-4-6-8-17/h9-12,17H,4-8,13-14H2,1-3H3,(H,29,30). The molecule has 32 heavy (non-hydrogen) atoms. The van der Waals surface area contributed by atoms with Crippen LogP contribution < -0.4 is 10.1 Å². The van der Waals surface area contributed by atoms with Crippen molar-refractivity contribution in [2.45, 2.75) is 64.5 Å². The van der Waals surface area contributed by atoms with Gasteiger partial charge in [0.15, 0.2) is 6.79 Å². The summed E-state index contributed by atoms with van der Waals surface area (Å²) in [5, 5.41) is 1.93. The Hall–Kier alpha value is -2.61. The lowest BCUT2D eigenvalue weighted by Crippen LogP contribution is -2.30. The summed E-state index contributed by atoms with van der Waals surface area (Å²) in [4.78, 5) is 16.2. The maximum absolute atomic E-state index is 12.6. The predicted molar refractivity (Wildman–Crippen MR) is 116 cm³/mol. The van der Waals surface area contributed by atoms with Gasteiger partial charge in [-0.3, -0.25) is 9.78 Å². The number of aryl methyl sites for hydroxylation is 2. The van der Waals surface area contributed by atoms with E-state index in [4.69, 9.17) is 14.5 Å². The monoisotopic (exact) mass is 450 g/mol. The highest BCUT2D eigenvalue weighted by molar-refractivity contribution is 5.95. The van der Waals surface area contributed by atoms with Crippen molar-refractivity contribution >= 4 is 11.6 Å². The van der Waals surface area contributed by atoms with Crippen LogP contribution >= 0.6 is 0 Å². The number of hydrogen-bond acceptors (Lipinski definition) is 4. The van der Waals surface area contributed by atoms with Crippen LogP contribution in [0.25, 0.3) is 0 Å². The molecule has 3 rings (SSSR count). The molecule has 1 fully saturated rings. The van der Waals surface area contributed by atoms with Gasteiger partial charge in [-0.2, -0.15) is 13.2 Å². The number of rotatable bonds is 7. The van der Waals surface area contributed by atoms with E-state index in [0.29, 0.717) is 12.3 Å². The van der Waals surface area contributed by atoms with Crippen LogP contribution in [0.5, 0.6) is 5.75 Å². The molecule has 0 aliphatic heterocycles. The molecular weight excluding hydrogens is 421 g/mol. The summed E-state index contributed by atoms with van der Waals surface area (Å²) in [6.45, 7) is 3.80. The Morgan fingerprint density at radius 2 is 1.78 bits per heavy atom. The second kappa shape index (κ2) is 10.3. The van der Waals surface area contributed by atoms with Crippen LogP contribution in [0.2, 0.25) is 0 Å². The van der Waals surface area contributed by atoms with Crippen LogP contribution in [0.3, 0.4) is 0 Å². The fourth-order valence-corrected chi connectivity index (χ4v) is 4.24. The number of benzene rings is 1. The number of ether oxygens (including phenoxy) is 2. The van der Waals surface area contributed by atoms with E-state index in [9.17, 15) is 18.0 Å². The van der Waals surface area contributed by atoms with Gasteiger partial charge in [0, 0.05) is 30.8 Å². The van der Waals surface area contributed by atoms with Gasteiger partial charge in [0.2, 0.25) is 0 Å². The molecule has 0 radical (unpaired) electrons. The van der Waals surface area contributed by atoms with E-state index in [0.717, 1.165) is 46.7 Å². The molecule has 2 aromatic rings. The smallest absolute Gasteiger partial charge is 0.466 e. The molecule has 8 heteroatoms. The van der Waals surface area contributed by atoms with E-state index in [1.54, 1.807) is 19.2 Å². The first kappa shape index (κ1) is 24.0. The van der Waals surface area contributed by atoms with Crippen LogP contribution in [-0.2, 0) is 16.0 Å². The number of pyridine rings is 1. The lowest BCUT2D eigenvalue weighted by molar-refractivity contribution is -0.167. The van der Waals surface area contributed by atoms with Gasteiger partial charge in [-0.05, 0) is 67.6 Å². The SMILES string of the molecule is COCOc1ccc(Cc2c(C)cc(NC(=O)C(F)(F)F)cc2C)nc1C1CCCCC1. The molecule has 1 aliphatic rings. The molecular formula is C24H29F3N2O3. The number of amides is 1. The molecule has 1 amide bonds. The zero-order valence-corrected chi connectivity index (χ0v) is 18.6. The van der Waals surface area contributed by atoms with Gasteiger partial charge in [0.25, 0.3) is 0 Å². The van der Waals surface area contributed by atoms with Crippen molar-refractivity contribution in [2.75, 3.05) is 19.2 Å². The van der Waals surface area contributed by atoms with Crippen LogP contribution in [0.15, 0.2) is 24.3 Å². The number of alkyl halides is 3. The molecule has 5 nitrogen and oxygen atoms in total. The molecule has 0 spiro atoms. The summed E-state index contributed by atoms with van der Waals surface area (Å²) in [7, 11) is 1.58. The Kier molecular flexibility index (Phi) is 7.77. The van der Waals surface area contributed by atoms with Crippen molar-refractivity contribution in [3.8, 4) is 5.75 Å². The maximum Gasteiger partial charge on any atom is 0.471 e. The quantitative estimate of drug-likeness (QED) is 0.540. The molecule has 0 bridgehead atoms. The number of hydrogen-bond donors (Lipinski definition) is 1. The second-order valence-corrected chi connectivity index (χ2v) is 8.29. The first-order chi connectivity index (χ1) is 15.2. The minimum Gasteiger partial charge on any atom is -0.466 e. The molecule has 1 N–H and O–H groups in total. The number of nitrogens with one attached hydrogen (secondary N) is 1. The normalized spacial score (nSPS) is 14.9. The maximum atomic E-state index is 12.6. The third-order valence-electron chi connectivity index (χ3n) is 5.84. The minimum absolute atomic E-state index is 0.130. The van der Waals surface area contributed by atoms with Crippen molar-refractivity contribution in [3.63, 3.8) is 0 Å². The number of aromatic nitrogens is 1. The average Bonchev–Trinajstić information content (AvgIpc) is 2.75. The van der Waals surface area contributed by atoms with E-state index in [1.807, 2.05) is 31.3 Å². The van der Waals surface area contributed by atoms with E-state index in [2.05, 4.69) is 0 Å². The molecule has 1 aliphatic carbocycles. The zero-order chi connectivity index (χ0) is 23.3.